The number of nitrogens with zero attached hydrogens (tertiary/aromatic N) is 1. The fraction of sp³-hybridized carbons (Fsp3) is 0.391. The van der Waals surface area contributed by atoms with Crippen molar-refractivity contribution < 1.29 is 4.79 Å². The monoisotopic (exact) mass is 363 g/mol. The fourth-order valence-electron chi connectivity index (χ4n) is 3.36. The molecule has 0 spiro atoms. The van der Waals surface area contributed by atoms with Gasteiger partial charge in [0, 0.05) is 13.1 Å². The van der Waals surface area contributed by atoms with Crippen LogP contribution in [0.2, 0.25) is 0 Å². The summed E-state index contributed by atoms with van der Waals surface area (Å²) < 4.78 is 0. The van der Waals surface area contributed by atoms with Gasteiger partial charge in [-0.1, -0.05) is 42.0 Å². The molecule has 27 heavy (non-hydrogen) atoms. The van der Waals surface area contributed by atoms with Gasteiger partial charge in [-0.3, -0.25) is 4.79 Å². The predicted octanol–water partition coefficient (Wildman–Crippen LogP) is 4.75. The van der Waals surface area contributed by atoms with Gasteiger partial charge in [0.25, 0.3) is 5.91 Å². The summed E-state index contributed by atoms with van der Waals surface area (Å²) in [4.78, 5) is 16.5. The lowest BCUT2D eigenvalue weighted by atomic mass is 9.97. The number of pyridine rings is 1. The number of benzene rings is 1. The Hall–Kier alpha value is -2.62. The van der Waals surface area contributed by atoms with Crippen LogP contribution in [-0.4, -0.2) is 24.0 Å². The minimum atomic E-state index is -0.0953. The number of aromatic nitrogens is 1. The van der Waals surface area contributed by atoms with Crippen molar-refractivity contribution in [2.45, 2.75) is 44.9 Å². The van der Waals surface area contributed by atoms with Gasteiger partial charge in [0.05, 0.1) is 11.9 Å². The normalized spacial score (nSPS) is 13.7. The van der Waals surface area contributed by atoms with E-state index in [4.69, 9.17) is 0 Å². The van der Waals surface area contributed by atoms with Gasteiger partial charge in [-0.2, -0.15) is 0 Å². The van der Waals surface area contributed by atoms with E-state index < -0.39 is 0 Å². The zero-order chi connectivity index (χ0) is 18.7. The summed E-state index contributed by atoms with van der Waals surface area (Å²) in [5.41, 5.74) is 4.26. The first-order chi connectivity index (χ1) is 13.3. The lowest BCUT2D eigenvalue weighted by Gasteiger charge is -2.13. The number of nitrogens with one attached hydrogen (secondary N) is 2. The van der Waals surface area contributed by atoms with Crippen LogP contribution in [0.15, 0.2) is 60.3 Å². The largest absolute Gasteiger partial charge is 0.384 e. The predicted molar refractivity (Wildman–Crippen MR) is 111 cm³/mol. The maximum absolute atomic E-state index is 12.2. The van der Waals surface area contributed by atoms with E-state index in [-0.39, 0.29) is 5.91 Å². The van der Waals surface area contributed by atoms with E-state index in [1.54, 1.807) is 12.3 Å². The average Bonchev–Trinajstić information content (AvgIpc) is 2.73. The van der Waals surface area contributed by atoms with Gasteiger partial charge < -0.3 is 10.6 Å². The van der Waals surface area contributed by atoms with Crippen molar-refractivity contribution in [1.82, 2.24) is 10.3 Å². The van der Waals surface area contributed by atoms with E-state index in [9.17, 15) is 4.79 Å². The molecular weight excluding hydrogens is 334 g/mol. The standard InChI is InChI=1S/C23H29N3O/c27-23(25-17-15-20-10-5-2-6-11-20)22-14-13-21(18-26-22)24-16-7-12-19-8-3-1-4-9-19/h1,3-4,8-10,13-14,18,24H,2,5-7,11-12,15-17H2,(H,25,27). The Kier molecular flexibility index (Phi) is 7.45. The molecule has 1 heterocycles. The van der Waals surface area contributed by atoms with Crippen molar-refractivity contribution in [3.8, 4) is 0 Å². The molecule has 3 rings (SSSR count). The number of aryl methyl sites for hydroxylation is 1. The van der Waals surface area contributed by atoms with Crippen LogP contribution in [0.5, 0.6) is 0 Å². The Morgan fingerprint density at radius 1 is 1.00 bits per heavy atom. The van der Waals surface area contributed by atoms with Crippen molar-refractivity contribution in [2.24, 2.45) is 0 Å². The first-order valence-corrected chi connectivity index (χ1v) is 10.0. The molecule has 142 valence electrons. The van der Waals surface area contributed by atoms with Gasteiger partial charge in [-0.15, -0.1) is 0 Å². The van der Waals surface area contributed by atoms with Gasteiger partial charge in [-0.25, -0.2) is 4.98 Å². The molecule has 1 amide bonds. The van der Waals surface area contributed by atoms with Crippen molar-refractivity contribution in [2.75, 3.05) is 18.4 Å². The van der Waals surface area contributed by atoms with E-state index in [0.717, 1.165) is 31.5 Å². The Labute approximate surface area is 162 Å². The highest BCUT2D eigenvalue weighted by molar-refractivity contribution is 5.92. The van der Waals surface area contributed by atoms with E-state index in [2.05, 4.69) is 46.0 Å². The maximum Gasteiger partial charge on any atom is 0.269 e. The lowest BCUT2D eigenvalue weighted by molar-refractivity contribution is 0.0949. The lowest BCUT2D eigenvalue weighted by Crippen LogP contribution is -2.25. The Bertz CT molecular complexity index is 738. The molecule has 0 radical (unpaired) electrons. The van der Waals surface area contributed by atoms with E-state index in [0.29, 0.717) is 12.2 Å². The van der Waals surface area contributed by atoms with Gasteiger partial charge in [-0.05, 0) is 62.6 Å². The minimum Gasteiger partial charge on any atom is -0.384 e. The molecule has 4 nitrogen and oxygen atoms in total. The van der Waals surface area contributed by atoms with Crippen LogP contribution >= 0.6 is 0 Å². The Morgan fingerprint density at radius 2 is 1.89 bits per heavy atom. The number of hydrogen-bond acceptors (Lipinski definition) is 3. The molecule has 4 heteroatoms. The summed E-state index contributed by atoms with van der Waals surface area (Å²) in [5, 5.41) is 6.34. The summed E-state index contributed by atoms with van der Waals surface area (Å²) in [5.74, 6) is -0.0953. The van der Waals surface area contributed by atoms with E-state index in [1.165, 1.54) is 36.8 Å². The molecule has 2 aromatic rings. The summed E-state index contributed by atoms with van der Waals surface area (Å²) in [6, 6.07) is 14.2. The van der Waals surface area contributed by atoms with Gasteiger partial charge >= 0.3 is 0 Å². The third-order valence-electron chi connectivity index (χ3n) is 4.93. The van der Waals surface area contributed by atoms with Crippen LogP contribution < -0.4 is 10.6 Å². The Balaban J connectivity index is 1.36. The van der Waals surface area contributed by atoms with Crippen LogP contribution in [-0.2, 0) is 6.42 Å². The molecule has 0 atom stereocenters. The molecule has 0 aliphatic heterocycles. The van der Waals surface area contributed by atoms with Gasteiger partial charge in [0.1, 0.15) is 5.69 Å². The first-order valence-electron chi connectivity index (χ1n) is 10.0. The average molecular weight is 364 g/mol. The van der Waals surface area contributed by atoms with Gasteiger partial charge in [0.15, 0.2) is 0 Å². The van der Waals surface area contributed by atoms with Crippen molar-refractivity contribution in [3.05, 3.63) is 71.6 Å². The van der Waals surface area contributed by atoms with Crippen LogP contribution in [0.4, 0.5) is 5.69 Å². The van der Waals surface area contributed by atoms with Crippen LogP contribution in [0.3, 0.4) is 0 Å². The number of carbonyl (C=O) groups is 1. The molecule has 1 aliphatic carbocycles. The smallest absolute Gasteiger partial charge is 0.269 e. The second-order valence-electron chi connectivity index (χ2n) is 7.06. The molecule has 0 saturated heterocycles. The van der Waals surface area contributed by atoms with Crippen molar-refractivity contribution >= 4 is 11.6 Å². The third-order valence-corrected chi connectivity index (χ3v) is 4.93. The molecule has 0 bridgehead atoms. The highest BCUT2D eigenvalue weighted by atomic mass is 16.1. The van der Waals surface area contributed by atoms with Crippen LogP contribution in [0.25, 0.3) is 0 Å². The SMILES string of the molecule is O=C(NCCC1=CCCCC1)c1ccc(NCCCc2ccccc2)cn1. The zero-order valence-corrected chi connectivity index (χ0v) is 15.9. The van der Waals surface area contributed by atoms with Gasteiger partial charge in [0.2, 0.25) is 0 Å². The molecule has 1 aliphatic rings. The van der Waals surface area contributed by atoms with Crippen molar-refractivity contribution in [1.29, 1.82) is 0 Å². The molecule has 0 fully saturated rings. The van der Waals surface area contributed by atoms with Crippen LogP contribution in [0, 0.1) is 0 Å². The minimum absolute atomic E-state index is 0.0953. The molecular formula is C23H29N3O. The molecule has 0 saturated carbocycles. The number of allylic oxidation sites excluding steroid dienone is 1. The zero-order valence-electron chi connectivity index (χ0n) is 15.9. The highest BCUT2D eigenvalue weighted by Gasteiger charge is 2.08. The number of hydrogen-bond donors (Lipinski definition) is 2. The third kappa shape index (κ3) is 6.55. The summed E-state index contributed by atoms with van der Waals surface area (Å²) in [7, 11) is 0. The molecule has 1 aromatic carbocycles. The van der Waals surface area contributed by atoms with Crippen LogP contribution in [0.1, 0.15) is 54.6 Å². The summed E-state index contributed by atoms with van der Waals surface area (Å²) in [6.45, 7) is 1.57. The number of rotatable bonds is 9. The summed E-state index contributed by atoms with van der Waals surface area (Å²) in [6.07, 6.45) is 12.1. The summed E-state index contributed by atoms with van der Waals surface area (Å²) >= 11 is 0. The maximum atomic E-state index is 12.2. The topological polar surface area (TPSA) is 54.0 Å². The molecule has 2 N–H and O–H groups in total. The second kappa shape index (κ2) is 10.5. The molecule has 1 aromatic heterocycles. The fourth-order valence-corrected chi connectivity index (χ4v) is 3.36. The Morgan fingerprint density at radius 3 is 2.63 bits per heavy atom. The first kappa shape index (κ1) is 19.2. The second-order valence-corrected chi connectivity index (χ2v) is 7.06. The number of anilines is 1. The quantitative estimate of drug-likeness (QED) is 0.499. The molecule has 0 unspecified atom stereocenters. The number of amides is 1. The highest BCUT2D eigenvalue weighted by Crippen LogP contribution is 2.19. The van der Waals surface area contributed by atoms with E-state index in [1.807, 2.05) is 12.1 Å². The van der Waals surface area contributed by atoms with Crippen molar-refractivity contribution in [3.63, 3.8) is 0 Å². The van der Waals surface area contributed by atoms with E-state index >= 15 is 0 Å². The number of carbonyl (C=O) groups excluding carboxylic acids is 1.